The smallest absolute Gasteiger partial charge is 0.0877 e. The van der Waals surface area contributed by atoms with Gasteiger partial charge in [-0.2, -0.15) is 0 Å². The SMILES string of the molecule is c1ccc2c(c1)sc1sccc12. The fourth-order valence-corrected chi connectivity index (χ4v) is 3.64. The first-order chi connectivity index (χ1) is 5.95. The molecule has 0 unspecified atom stereocenters. The van der Waals surface area contributed by atoms with Gasteiger partial charge in [-0.1, -0.05) is 18.2 Å². The summed E-state index contributed by atoms with van der Waals surface area (Å²) in [6.07, 6.45) is 0. The van der Waals surface area contributed by atoms with Crippen molar-refractivity contribution in [3.05, 3.63) is 35.7 Å². The molecule has 58 valence electrons. The highest BCUT2D eigenvalue weighted by Gasteiger charge is 2.03. The molecule has 0 saturated heterocycles. The second-order valence-electron chi connectivity index (χ2n) is 2.72. The van der Waals surface area contributed by atoms with Crippen molar-refractivity contribution in [2.24, 2.45) is 0 Å². The molecule has 0 N–H and O–H groups in total. The fraction of sp³-hybridized carbons (Fsp3) is 0. The van der Waals surface area contributed by atoms with E-state index < -0.39 is 0 Å². The monoisotopic (exact) mass is 190 g/mol. The molecule has 0 aliphatic heterocycles. The van der Waals surface area contributed by atoms with Crippen LogP contribution in [0, 0.1) is 0 Å². The van der Waals surface area contributed by atoms with E-state index in [1.165, 1.54) is 19.5 Å². The summed E-state index contributed by atoms with van der Waals surface area (Å²) in [6.45, 7) is 0. The highest BCUT2D eigenvalue weighted by Crippen LogP contribution is 2.36. The summed E-state index contributed by atoms with van der Waals surface area (Å²) in [7, 11) is 0. The molecule has 0 radical (unpaired) electrons. The van der Waals surface area contributed by atoms with Crippen molar-refractivity contribution in [1.82, 2.24) is 0 Å². The van der Waals surface area contributed by atoms with E-state index in [1.807, 2.05) is 22.7 Å². The van der Waals surface area contributed by atoms with Crippen LogP contribution in [0.3, 0.4) is 0 Å². The van der Waals surface area contributed by atoms with Gasteiger partial charge < -0.3 is 0 Å². The number of hydrogen-bond acceptors (Lipinski definition) is 2. The lowest BCUT2D eigenvalue weighted by atomic mass is 10.2. The Labute approximate surface area is 78.1 Å². The number of fused-ring (bicyclic) bond motifs is 3. The number of thiophene rings is 2. The Morgan fingerprint density at radius 3 is 2.83 bits per heavy atom. The predicted molar refractivity (Wildman–Crippen MR) is 57.2 cm³/mol. The Hall–Kier alpha value is -0.860. The molecule has 0 amide bonds. The minimum Gasteiger partial charge on any atom is -0.133 e. The van der Waals surface area contributed by atoms with E-state index in [0.29, 0.717) is 0 Å². The lowest BCUT2D eigenvalue weighted by molar-refractivity contribution is 1.87. The summed E-state index contributed by atoms with van der Waals surface area (Å²) in [5.74, 6) is 0. The van der Waals surface area contributed by atoms with Crippen LogP contribution >= 0.6 is 22.7 Å². The van der Waals surface area contributed by atoms with Crippen LogP contribution in [0.1, 0.15) is 0 Å². The van der Waals surface area contributed by atoms with Gasteiger partial charge in [0.15, 0.2) is 0 Å². The maximum atomic E-state index is 2.21. The molecule has 0 bridgehead atoms. The molecule has 1 aromatic carbocycles. The van der Waals surface area contributed by atoms with Gasteiger partial charge in [0.05, 0.1) is 4.01 Å². The van der Waals surface area contributed by atoms with E-state index in [4.69, 9.17) is 0 Å². The zero-order valence-electron chi connectivity index (χ0n) is 6.28. The molecule has 12 heavy (non-hydrogen) atoms. The van der Waals surface area contributed by atoms with Gasteiger partial charge in [-0.15, -0.1) is 22.7 Å². The quantitative estimate of drug-likeness (QED) is 0.500. The highest BCUT2D eigenvalue weighted by atomic mass is 32.2. The van der Waals surface area contributed by atoms with Gasteiger partial charge >= 0.3 is 0 Å². The third-order valence-corrected chi connectivity index (χ3v) is 4.24. The van der Waals surface area contributed by atoms with Gasteiger partial charge in [0.25, 0.3) is 0 Å². The fourth-order valence-electron chi connectivity index (χ4n) is 1.45. The molecule has 2 heterocycles. The molecule has 3 aromatic rings. The Kier molecular flexibility index (Phi) is 1.28. The van der Waals surface area contributed by atoms with Crippen molar-refractivity contribution < 1.29 is 0 Å². The van der Waals surface area contributed by atoms with Crippen LogP contribution in [0.4, 0.5) is 0 Å². The van der Waals surface area contributed by atoms with Crippen molar-refractivity contribution in [3.8, 4) is 0 Å². The lowest BCUT2D eigenvalue weighted by Gasteiger charge is -1.84. The Morgan fingerprint density at radius 1 is 0.917 bits per heavy atom. The van der Waals surface area contributed by atoms with E-state index in [2.05, 4.69) is 35.7 Å². The van der Waals surface area contributed by atoms with Crippen molar-refractivity contribution in [1.29, 1.82) is 0 Å². The lowest BCUT2D eigenvalue weighted by Crippen LogP contribution is -1.59. The molecule has 2 heteroatoms. The second-order valence-corrected chi connectivity index (χ2v) is 4.95. The maximum absolute atomic E-state index is 2.21. The van der Waals surface area contributed by atoms with Crippen LogP contribution in [-0.2, 0) is 0 Å². The second kappa shape index (κ2) is 2.31. The Balaban J connectivity index is 2.68. The van der Waals surface area contributed by atoms with Crippen LogP contribution < -0.4 is 0 Å². The average Bonchev–Trinajstić information content (AvgIpc) is 2.62. The molecular formula is C10H6S2. The van der Waals surface area contributed by atoms with E-state index in [-0.39, 0.29) is 0 Å². The zero-order valence-corrected chi connectivity index (χ0v) is 7.91. The standard InChI is InChI=1S/C10H6S2/c1-2-4-9-7(3-1)8-5-6-11-10(8)12-9/h1-6H. The average molecular weight is 190 g/mol. The summed E-state index contributed by atoms with van der Waals surface area (Å²) in [5.41, 5.74) is 0. The summed E-state index contributed by atoms with van der Waals surface area (Å²) in [5, 5.41) is 4.98. The molecule has 0 aliphatic carbocycles. The van der Waals surface area contributed by atoms with Crippen molar-refractivity contribution in [2.75, 3.05) is 0 Å². The maximum Gasteiger partial charge on any atom is 0.0877 e. The molecule has 0 spiro atoms. The van der Waals surface area contributed by atoms with Gasteiger partial charge in [0, 0.05) is 15.5 Å². The van der Waals surface area contributed by atoms with Crippen molar-refractivity contribution in [3.63, 3.8) is 0 Å². The normalized spacial score (nSPS) is 11.3. The van der Waals surface area contributed by atoms with Crippen LogP contribution in [0.25, 0.3) is 19.5 Å². The topological polar surface area (TPSA) is 0 Å². The van der Waals surface area contributed by atoms with Gasteiger partial charge in [-0.25, -0.2) is 0 Å². The summed E-state index contributed by atoms with van der Waals surface area (Å²) in [6, 6.07) is 10.8. The first-order valence-electron chi connectivity index (χ1n) is 3.80. The molecule has 0 nitrogen and oxygen atoms in total. The van der Waals surface area contributed by atoms with E-state index in [9.17, 15) is 0 Å². The van der Waals surface area contributed by atoms with E-state index in [1.54, 1.807) is 0 Å². The third kappa shape index (κ3) is 0.765. The molecular weight excluding hydrogens is 184 g/mol. The highest BCUT2D eigenvalue weighted by molar-refractivity contribution is 7.41. The minimum absolute atomic E-state index is 1.40. The number of benzene rings is 1. The number of hydrogen-bond donors (Lipinski definition) is 0. The largest absolute Gasteiger partial charge is 0.133 e. The van der Waals surface area contributed by atoms with Crippen molar-refractivity contribution >= 4 is 42.2 Å². The summed E-state index contributed by atoms with van der Waals surface area (Å²) >= 11 is 3.72. The van der Waals surface area contributed by atoms with Crippen molar-refractivity contribution in [2.45, 2.75) is 0 Å². The molecule has 0 saturated carbocycles. The predicted octanol–water partition coefficient (Wildman–Crippen LogP) is 4.12. The van der Waals surface area contributed by atoms with Crippen LogP contribution in [0.2, 0.25) is 0 Å². The third-order valence-electron chi connectivity index (χ3n) is 2.01. The Morgan fingerprint density at radius 2 is 1.83 bits per heavy atom. The van der Waals surface area contributed by atoms with Gasteiger partial charge in [-0.3, -0.25) is 0 Å². The molecule has 3 rings (SSSR count). The number of rotatable bonds is 0. The first kappa shape index (κ1) is 6.63. The molecule has 0 atom stereocenters. The Bertz CT molecular complexity index is 530. The van der Waals surface area contributed by atoms with E-state index in [0.717, 1.165) is 0 Å². The minimum atomic E-state index is 1.40. The molecule has 0 aliphatic rings. The molecule has 0 fully saturated rings. The molecule has 2 aromatic heterocycles. The van der Waals surface area contributed by atoms with Crippen LogP contribution in [0.5, 0.6) is 0 Å². The van der Waals surface area contributed by atoms with Crippen LogP contribution in [0.15, 0.2) is 35.7 Å². The van der Waals surface area contributed by atoms with Gasteiger partial charge in [-0.05, 0) is 17.5 Å². The summed E-state index contributed by atoms with van der Waals surface area (Å²) < 4.78 is 2.84. The zero-order chi connectivity index (χ0) is 7.97. The van der Waals surface area contributed by atoms with Gasteiger partial charge in [0.2, 0.25) is 0 Å². The van der Waals surface area contributed by atoms with Crippen LogP contribution in [-0.4, -0.2) is 0 Å². The van der Waals surface area contributed by atoms with E-state index >= 15 is 0 Å². The van der Waals surface area contributed by atoms with Gasteiger partial charge in [0.1, 0.15) is 0 Å². The first-order valence-corrected chi connectivity index (χ1v) is 5.49. The summed E-state index contributed by atoms with van der Waals surface area (Å²) in [4.78, 5) is 0.